The number of benzene rings is 2. The van der Waals surface area contributed by atoms with Gasteiger partial charge in [-0.3, -0.25) is 20.4 Å². The first kappa shape index (κ1) is 18.3. The number of carbonyl (C=O) groups excluding carboxylic acids is 2. The Hall–Kier alpha value is -2.05. The molecule has 0 aliphatic carbocycles. The van der Waals surface area contributed by atoms with Crippen LogP contribution in [0.1, 0.15) is 22.3 Å². The van der Waals surface area contributed by atoms with Crippen molar-refractivity contribution in [3.8, 4) is 5.75 Å². The second kappa shape index (κ2) is 8.70. The number of rotatable bonds is 5. The van der Waals surface area contributed by atoms with Crippen molar-refractivity contribution in [2.24, 2.45) is 0 Å². The van der Waals surface area contributed by atoms with Gasteiger partial charge in [-0.25, -0.2) is 0 Å². The molecule has 0 fully saturated rings. The predicted octanol–water partition coefficient (Wildman–Crippen LogP) is 3.50. The molecule has 24 heavy (non-hydrogen) atoms. The highest BCUT2D eigenvalue weighted by atomic mass is 79.9. The Morgan fingerprint density at radius 2 is 1.92 bits per heavy atom. The van der Waals surface area contributed by atoms with E-state index in [-0.39, 0.29) is 17.9 Å². The van der Waals surface area contributed by atoms with Crippen molar-refractivity contribution in [3.63, 3.8) is 0 Å². The van der Waals surface area contributed by atoms with Crippen molar-refractivity contribution in [2.75, 3.05) is 7.11 Å². The number of hydrogen-bond acceptors (Lipinski definition) is 3. The lowest BCUT2D eigenvalue weighted by molar-refractivity contribution is -0.121. The average Bonchev–Trinajstić information content (AvgIpc) is 2.58. The zero-order valence-corrected chi connectivity index (χ0v) is 15.3. The highest BCUT2D eigenvalue weighted by Crippen LogP contribution is 2.22. The van der Waals surface area contributed by atoms with Crippen LogP contribution in [0.2, 0.25) is 5.02 Å². The Bertz CT molecular complexity index is 752. The molecule has 0 unspecified atom stereocenters. The van der Waals surface area contributed by atoms with Crippen LogP contribution in [-0.2, 0) is 11.2 Å². The second-order valence-electron chi connectivity index (χ2n) is 4.94. The van der Waals surface area contributed by atoms with Crippen LogP contribution >= 0.6 is 27.5 Å². The van der Waals surface area contributed by atoms with Crippen molar-refractivity contribution >= 4 is 39.3 Å². The molecule has 0 heterocycles. The molecule has 126 valence electrons. The molecule has 2 amide bonds. The van der Waals surface area contributed by atoms with E-state index in [1.807, 2.05) is 24.3 Å². The number of aryl methyl sites for hydroxylation is 1. The van der Waals surface area contributed by atoms with Crippen molar-refractivity contribution in [1.29, 1.82) is 0 Å². The molecule has 0 saturated heterocycles. The number of hydrogen-bond donors (Lipinski definition) is 2. The first-order valence-corrected chi connectivity index (χ1v) is 8.34. The number of carbonyl (C=O) groups is 2. The topological polar surface area (TPSA) is 67.4 Å². The maximum atomic E-state index is 12.1. The summed E-state index contributed by atoms with van der Waals surface area (Å²) in [6.45, 7) is 0. The molecule has 7 heteroatoms. The molecule has 0 spiro atoms. The maximum absolute atomic E-state index is 12.1. The molecule has 0 saturated carbocycles. The van der Waals surface area contributed by atoms with Crippen LogP contribution in [0, 0.1) is 0 Å². The van der Waals surface area contributed by atoms with E-state index < -0.39 is 5.91 Å². The largest absolute Gasteiger partial charge is 0.496 e. The molecule has 0 radical (unpaired) electrons. The van der Waals surface area contributed by atoms with Gasteiger partial charge in [-0.1, -0.05) is 45.7 Å². The van der Waals surface area contributed by atoms with Gasteiger partial charge in [0.05, 0.1) is 12.7 Å². The van der Waals surface area contributed by atoms with E-state index in [9.17, 15) is 9.59 Å². The van der Waals surface area contributed by atoms with E-state index in [0.717, 1.165) is 10.0 Å². The van der Waals surface area contributed by atoms with E-state index in [0.29, 0.717) is 17.2 Å². The van der Waals surface area contributed by atoms with Gasteiger partial charge in [0.2, 0.25) is 5.91 Å². The predicted molar refractivity (Wildman–Crippen MR) is 96.1 cm³/mol. The number of hydrazine groups is 1. The molecule has 0 bridgehead atoms. The lowest BCUT2D eigenvalue weighted by Crippen LogP contribution is -2.41. The summed E-state index contributed by atoms with van der Waals surface area (Å²) in [6, 6.07) is 12.3. The fourth-order valence-electron chi connectivity index (χ4n) is 2.06. The van der Waals surface area contributed by atoms with Gasteiger partial charge in [0, 0.05) is 15.9 Å². The van der Waals surface area contributed by atoms with Gasteiger partial charge >= 0.3 is 0 Å². The Morgan fingerprint density at radius 3 is 2.62 bits per heavy atom. The minimum Gasteiger partial charge on any atom is -0.496 e. The van der Waals surface area contributed by atoms with Crippen LogP contribution in [0.15, 0.2) is 46.9 Å². The Kier molecular flexibility index (Phi) is 6.63. The highest BCUT2D eigenvalue weighted by Gasteiger charge is 2.13. The van der Waals surface area contributed by atoms with Gasteiger partial charge in [-0.05, 0) is 36.2 Å². The molecule has 2 aromatic carbocycles. The minimum atomic E-state index is -0.474. The molecular formula is C17H16BrClN2O3. The normalized spacial score (nSPS) is 10.1. The lowest BCUT2D eigenvalue weighted by atomic mass is 10.1. The molecule has 0 aromatic heterocycles. The summed E-state index contributed by atoms with van der Waals surface area (Å²) in [5.74, 6) is -0.424. The Labute approximate surface area is 153 Å². The fraction of sp³-hybridized carbons (Fsp3) is 0.176. The van der Waals surface area contributed by atoms with E-state index in [1.165, 1.54) is 19.2 Å². The van der Waals surface area contributed by atoms with Crippen molar-refractivity contribution in [3.05, 3.63) is 63.1 Å². The molecule has 0 aliphatic rings. The average molecular weight is 412 g/mol. The Morgan fingerprint density at radius 1 is 1.17 bits per heavy atom. The molecule has 2 aromatic rings. The number of ether oxygens (including phenoxy) is 1. The monoisotopic (exact) mass is 410 g/mol. The van der Waals surface area contributed by atoms with Crippen LogP contribution in [0.5, 0.6) is 5.75 Å². The molecule has 2 N–H and O–H groups in total. The third-order valence-corrected chi connectivity index (χ3v) is 4.31. The van der Waals surface area contributed by atoms with Crippen molar-refractivity contribution < 1.29 is 14.3 Å². The maximum Gasteiger partial charge on any atom is 0.273 e. The summed E-state index contributed by atoms with van der Waals surface area (Å²) in [4.78, 5) is 24.0. The minimum absolute atomic E-state index is 0.251. The first-order chi connectivity index (χ1) is 11.5. The highest BCUT2D eigenvalue weighted by molar-refractivity contribution is 9.10. The standard InChI is InChI=1S/C17H16BrClN2O3/c1-24-15-10-12(19)7-8-13(15)17(23)21-20-16(22)9-6-11-4-2-3-5-14(11)18/h2-5,7-8,10H,6,9H2,1H3,(H,20,22)(H,21,23). The summed E-state index contributed by atoms with van der Waals surface area (Å²) in [7, 11) is 1.44. The SMILES string of the molecule is COc1cc(Cl)ccc1C(=O)NNC(=O)CCc1ccccc1Br. The molecule has 5 nitrogen and oxygen atoms in total. The van der Waals surface area contributed by atoms with E-state index in [1.54, 1.807) is 6.07 Å². The van der Waals surface area contributed by atoms with E-state index >= 15 is 0 Å². The van der Waals surface area contributed by atoms with Crippen LogP contribution in [0.4, 0.5) is 0 Å². The summed E-state index contributed by atoms with van der Waals surface area (Å²) >= 11 is 9.29. The van der Waals surface area contributed by atoms with Gasteiger partial charge in [0.1, 0.15) is 5.75 Å². The van der Waals surface area contributed by atoms with E-state index in [4.69, 9.17) is 16.3 Å². The zero-order chi connectivity index (χ0) is 17.5. The smallest absolute Gasteiger partial charge is 0.273 e. The number of halogens is 2. The number of methoxy groups -OCH3 is 1. The van der Waals surface area contributed by atoms with Crippen molar-refractivity contribution in [1.82, 2.24) is 10.9 Å². The molecule has 0 atom stereocenters. The van der Waals surface area contributed by atoms with E-state index in [2.05, 4.69) is 26.8 Å². The van der Waals surface area contributed by atoms with Gasteiger partial charge in [0.25, 0.3) is 5.91 Å². The Balaban J connectivity index is 1.87. The van der Waals surface area contributed by atoms with Crippen LogP contribution in [0.25, 0.3) is 0 Å². The summed E-state index contributed by atoms with van der Waals surface area (Å²) in [5.41, 5.74) is 6.08. The third-order valence-electron chi connectivity index (χ3n) is 3.30. The fourth-order valence-corrected chi connectivity index (χ4v) is 2.70. The summed E-state index contributed by atoms with van der Waals surface area (Å²) in [6.07, 6.45) is 0.814. The van der Waals surface area contributed by atoms with Crippen LogP contribution in [-0.4, -0.2) is 18.9 Å². The first-order valence-electron chi connectivity index (χ1n) is 7.17. The summed E-state index contributed by atoms with van der Waals surface area (Å²) in [5, 5.41) is 0.459. The lowest BCUT2D eigenvalue weighted by Gasteiger charge is -2.11. The summed E-state index contributed by atoms with van der Waals surface area (Å²) < 4.78 is 6.06. The molecule has 2 rings (SSSR count). The van der Waals surface area contributed by atoms with Gasteiger partial charge in [-0.2, -0.15) is 0 Å². The van der Waals surface area contributed by atoms with Gasteiger partial charge in [0.15, 0.2) is 0 Å². The molecular weight excluding hydrogens is 396 g/mol. The van der Waals surface area contributed by atoms with Crippen LogP contribution < -0.4 is 15.6 Å². The zero-order valence-electron chi connectivity index (χ0n) is 12.9. The van der Waals surface area contributed by atoms with Crippen molar-refractivity contribution in [2.45, 2.75) is 12.8 Å². The quantitative estimate of drug-likeness (QED) is 0.740. The van der Waals surface area contributed by atoms with Gasteiger partial charge < -0.3 is 4.74 Å². The van der Waals surface area contributed by atoms with Gasteiger partial charge in [-0.15, -0.1) is 0 Å². The second-order valence-corrected chi connectivity index (χ2v) is 6.23. The number of nitrogens with one attached hydrogen (secondary N) is 2. The number of amides is 2. The molecule has 0 aliphatic heterocycles. The third kappa shape index (κ3) is 4.97. The van der Waals surface area contributed by atoms with Crippen LogP contribution in [0.3, 0.4) is 0 Å².